The predicted octanol–water partition coefficient (Wildman–Crippen LogP) is 1.14. The highest BCUT2D eigenvalue weighted by atomic mass is 15.3. The van der Waals surface area contributed by atoms with Gasteiger partial charge in [0.1, 0.15) is 5.82 Å². The number of pyridine rings is 1. The number of nitrogens with one attached hydrogen (secondary N) is 1. The Hall–Kier alpha value is -1.60. The van der Waals surface area contributed by atoms with Gasteiger partial charge in [-0.3, -0.25) is 0 Å². The van der Waals surface area contributed by atoms with Crippen LogP contribution in [0.15, 0.2) is 18.3 Å². The molecular formula is C12H16N4. The van der Waals surface area contributed by atoms with Gasteiger partial charge in [0.25, 0.3) is 0 Å². The minimum Gasteiger partial charge on any atom is -0.351 e. The van der Waals surface area contributed by atoms with Crippen LogP contribution in [0.5, 0.6) is 0 Å². The monoisotopic (exact) mass is 216 g/mol. The maximum Gasteiger partial charge on any atom is 0.130 e. The molecule has 1 aromatic rings. The number of anilines is 1. The first-order valence-electron chi connectivity index (χ1n) is 5.68. The van der Waals surface area contributed by atoms with E-state index in [1.54, 1.807) is 12.3 Å². The molecule has 16 heavy (non-hydrogen) atoms. The van der Waals surface area contributed by atoms with Gasteiger partial charge >= 0.3 is 0 Å². The highest BCUT2D eigenvalue weighted by Gasteiger charge is 2.24. The Balaban J connectivity index is 2.20. The SMILES string of the molecule is CCCN(c1cc(C#N)ccn1)C1CNC1. The fourth-order valence-electron chi connectivity index (χ4n) is 1.86. The number of nitriles is 1. The third-order valence-electron chi connectivity index (χ3n) is 2.83. The zero-order valence-electron chi connectivity index (χ0n) is 9.48. The van der Waals surface area contributed by atoms with Crippen molar-refractivity contribution in [2.75, 3.05) is 24.5 Å². The van der Waals surface area contributed by atoms with E-state index < -0.39 is 0 Å². The van der Waals surface area contributed by atoms with Crippen molar-refractivity contribution in [1.29, 1.82) is 5.26 Å². The Labute approximate surface area is 95.9 Å². The van der Waals surface area contributed by atoms with Gasteiger partial charge in [-0.25, -0.2) is 4.98 Å². The zero-order valence-corrected chi connectivity index (χ0v) is 9.48. The van der Waals surface area contributed by atoms with E-state index in [9.17, 15) is 0 Å². The van der Waals surface area contributed by atoms with Crippen molar-refractivity contribution < 1.29 is 0 Å². The van der Waals surface area contributed by atoms with Crippen LogP contribution in [0.2, 0.25) is 0 Å². The van der Waals surface area contributed by atoms with E-state index in [0.717, 1.165) is 31.9 Å². The number of aromatic nitrogens is 1. The molecule has 1 saturated heterocycles. The fraction of sp³-hybridized carbons (Fsp3) is 0.500. The number of hydrogen-bond donors (Lipinski definition) is 1. The Kier molecular flexibility index (Phi) is 3.37. The van der Waals surface area contributed by atoms with E-state index in [4.69, 9.17) is 5.26 Å². The molecule has 0 unspecified atom stereocenters. The highest BCUT2D eigenvalue weighted by molar-refractivity contribution is 5.46. The molecule has 1 aromatic heterocycles. The van der Waals surface area contributed by atoms with Crippen molar-refractivity contribution in [3.05, 3.63) is 23.9 Å². The first kappa shape index (κ1) is 10.9. The molecule has 1 fully saturated rings. The van der Waals surface area contributed by atoms with Crippen LogP contribution in [0.4, 0.5) is 5.82 Å². The maximum absolute atomic E-state index is 8.87. The van der Waals surface area contributed by atoms with Crippen LogP contribution in [0.3, 0.4) is 0 Å². The molecule has 2 heterocycles. The molecule has 1 aliphatic rings. The second-order valence-electron chi connectivity index (χ2n) is 4.02. The third-order valence-corrected chi connectivity index (χ3v) is 2.83. The van der Waals surface area contributed by atoms with Gasteiger partial charge in [-0.1, -0.05) is 6.92 Å². The minimum atomic E-state index is 0.529. The summed E-state index contributed by atoms with van der Waals surface area (Å²) in [6.45, 7) is 5.18. The molecule has 0 atom stereocenters. The van der Waals surface area contributed by atoms with E-state index >= 15 is 0 Å². The molecule has 84 valence electrons. The predicted molar refractivity (Wildman–Crippen MR) is 63.2 cm³/mol. The molecule has 4 nitrogen and oxygen atoms in total. The Bertz CT molecular complexity index is 392. The van der Waals surface area contributed by atoms with Crippen molar-refractivity contribution in [3.8, 4) is 6.07 Å². The molecule has 0 radical (unpaired) electrons. The summed E-state index contributed by atoms with van der Waals surface area (Å²) in [6.07, 6.45) is 2.80. The smallest absolute Gasteiger partial charge is 0.130 e. The van der Waals surface area contributed by atoms with Crippen LogP contribution in [-0.4, -0.2) is 30.7 Å². The minimum absolute atomic E-state index is 0.529. The average Bonchev–Trinajstić information content (AvgIpc) is 2.26. The largest absolute Gasteiger partial charge is 0.351 e. The zero-order chi connectivity index (χ0) is 11.4. The lowest BCUT2D eigenvalue weighted by Gasteiger charge is -2.39. The normalized spacial score (nSPS) is 15.2. The molecule has 0 bridgehead atoms. The lowest BCUT2D eigenvalue weighted by molar-refractivity contribution is 0.410. The molecule has 0 aliphatic carbocycles. The first-order valence-corrected chi connectivity index (χ1v) is 5.68. The summed E-state index contributed by atoms with van der Waals surface area (Å²) in [4.78, 5) is 6.65. The Morgan fingerprint density at radius 1 is 1.62 bits per heavy atom. The quantitative estimate of drug-likeness (QED) is 0.820. The van der Waals surface area contributed by atoms with Crippen LogP contribution in [-0.2, 0) is 0 Å². The van der Waals surface area contributed by atoms with Crippen LogP contribution >= 0.6 is 0 Å². The van der Waals surface area contributed by atoms with Crippen molar-refractivity contribution in [2.45, 2.75) is 19.4 Å². The molecule has 1 N–H and O–H groups in total. The summed E-state index contributed by atoms with van der Waals surface area (Å²) < 4.78 is 0. The fourth-order valence-corrected chi connectivity index (χ4v) is 1.86. The van der Waals surface area contributed by atoms with Gasteiger partial charge in [0, 0.05) is 25.8 Å². The van der Waals surface area contributed by atoms with E-state index in [1.807, 2.05) is 6.07 Å². The van der Waals surface area contributed by atoms with Crippen LogP contribution in [0.1, 0.15) is 18.9 Å². The van der Waals surface area contributed by atoms with E-state index in [2.05, 4.69) is 28.2 Å². The summed E-state index contributed by atoms with van der Waals surface area (Å²) in [6, 6.07) is 6.30. The molecular weight excluding hydrogens is 200 g/mol. The topological polar surface area (TPSA) is 52.0 Å². The number of rotatable bonds is 4. The van der Waals surface area contributed by atoms with Gasteiger partial charge in [-0.15, -0.1) is 0 Å². The lowest BCUT2D eigenvalue weighted by Crippen LogP contribution is -2.57. The maximum atomic E-state index is 8.87. The standard InChI is InChI=1S/C12H16N4/c1-2-5-16(11-8-14-9-11)12-6-10(7-13)3-4-15-12/h3-4,6,11,14H,2,5,8-9H2,1H3. The summed E-state index contributed by atoms with van der Waals surface area (Å²) in [7, 11) is 0. The van der Waals surface area contributed by atoms with Crippen molar-refractivity contribution in [2.24, 2.45) is 0 Å². The number of nitrogens with zero attached hydrogens (tertiary/aromatic N) is 3. The van der Waals surface area contributed by atoms with Crippen LogP contribution in [0, 0.1) is 11.3 Å². The van der Waals surface area contributed by atoms with E-state index in [1.165, 1.54) is 0 Å². The Morgan fingerprint density at radius 3 is 3.00 bits per heavy atom. The molecule has 1 aliphatic heterocycles. The van der Waals surface area contributed by atoms with E-state index in [-0.39, 0.29) is 0 Å². The van der Waals surface area contributed by atoms with Gasteiger partial charge in [0.05, 0.1) is 17.7 Å². The summed E-state index contributed by atoms with van der Waals surface area (Å²) in [5.41, 5.74) is 0.679. The average molecular weight is 216 g/mol. The number of hydrogen-bond acceptors (Lipinski definition) is 4. The first-order chi connectivity index (χ1) is 7.85. The van der Waals surface area contributed by atoms with Gasteiger partial charge in [0.15, 0.2) is 0 Å². The third kappa shape index (κ3) is 2.15. The highest BCUT2D eigenvalue weighted by Crippen LogP contribution is 2.17. The van der Waals surface area contributed by atoms with Crippen LogP contribution in [0.25, 0.3) is 0 Å². The van der Waals surface area contributed by atoms with Crippen molar-refractivity contribution in [1.82, 2.24) is 10.3 Å². The van der Waals surface area contributed by atoms with Gasteiger partial charge in [0.2, 0.25) is 0 Å². The molecule has 0 saturated carbocycles. The molecule has 0 aromatic carbocycles. The van der Waals surface area contributed by atoms with Gasteiger partial charge in [-0.2, -0.15) is 5.26 Å². The van der Waals surface area contributed by atoms with Gasteiger partial charge < -0.3 is 10.2 Å². The van der Waals surface area contributed by atoms with Gasteiger partial charge in [-0.05, 0) is 18.6 Å². The summed E-state index contributed by atoms with van der Waals surface area (Å²) in [5.74, 6) is 0.924. The lowest BCUT2D eigenvalue weighted by atomic mass is 10.1. The molecule has 0 spiro atoms. The van der Waals surface area contributed by atoms with Crippen molar-refractivity contribution >= 4 is 5.82 Å². The second kappa shape index (κ2) is 4.95. The summed E-state index contributed by atoms with van der Waals surface area (Å²) in [5, 5.41) is 12.1. The second-order valence-corrected chi connectivity index (χ2v) is 4.02. The van der Waals surface area contributed by atoms with Crippen molar-refractivity contribution in [3.63, 3.8) is 0 Å². The molecule has 2 rings (SSSR count). The van der Waals surface area contributed by atoms with E-state index in [0.29, 0.717) is 11.6 Å². The molecule has 0 amide bonds. The van der Waals surface area contributed by atoms with Crippen LogP contribution < -0.4 is 10.2 Å². The molecule has 4 heteroatoms. The summed E-state index contributed by atoms with van der Waals surface area (Å²) >= 11 is 0. The Morgan fingerprint density at radius 2 is 2.44 bits per heavy atom.